The molecule has 7 heavy (non-hydrogen) atoms. The molecule has 0 heterocycles. The predicted molar refractivity (Wildman–Crippen MR) is 31.2 cm³/mol. The molecule has 0 radical (unpaired) electrons. The van der Waals surface area contributed by atoms with Crippen molar-refractivity contribution in [2.45, 2.75) is 25.8 Å². The van der Waals surface area contributed by atoms with Gasteiger partial charge in [-0.25, -0.2) is 0 Å². The first kappa shape index (κ1) is 5.10. The van der Waals surface area contributed by atoms with Crippen molar-refractivity contribution >= 4 is 0 Å². The quantitative estimate of drug-likeness (QED) is 0.517. The lowest BCUT2D eigenvalue weighted by atomic mass is 9.81. The molecule has 1 N–H and O–H groups in total. The summed E-state index contributed by atoms with van der Waals surface area (Å²) in [6.45, 7) is 2.30. The van der Waals surface area contributed by atoms with E-state index in [-0.39, 0.29) is 0 Å². The van der Waals surface area contributed by atoms with Gasteiger partial charge in [-0.15, -0.1) is 0 Å². The van der Waals surface area contributed by atoms with Crippen molar-refractivity contribution in [2.75, 3.05) is 7.05 Å². The Kier molecular flexibility index (Phi) is 1.33. The zero-order valence-electron chi connectivity index (χ0n) is 5.07. The summed E-state index contributed by atoms with van der Waals surface area (Å²) in [6.07, 6.45) is 2.81. The molecule has 2 atom stereocenters. The SMILES string of the molecule is CN[C@@H]1CC[C@H]1C. The molecular weight excluding hydrogens is 86.1 g/mol. The molecule has 1 fully saturated rings. The van der Waals surface area contributed by atoms with Crippen molar-refractivity contribution < 1.29 is 0 Å². The van der Waals surface area contributed by atoms with Crippen molar-refractivity contribution in [1.82, 2.24) is 5.32 Å². The predicted octanol–water partition coefficient (Wildman–Crippen LogP) is 1.00. The van der Waals surface area contributed by atoms with Crippen LogP contribution in [0.2, 0.25) is 0 Å². The van der Waals surface area contributed by atoms with Gasteiger partial charge in [-0.05, 0) is 25.8 Å². The summed E-state index contributed by atoms with van der Waals surface area (Å²) in [6, 6.07) is 0.833. The molecule has 1 aliphatic rings. The summed E-state index contributed by atoms with van der Waals surface area (Å²) in [5, 5.41) is 3.25. The highest BCUT2D eigenvalue weighted by atomic mass is 14.9. The number of nitrogens with one attached hydrogen (secondary N) is 1. The molecule has 1 saturated carbocycles. The molecule has 1 heteroatoms. The van der Waals surface area contributed by atoms with Gasteiger partial charge in [0.1, 0.15) is 0 Å². The van der Waals surface area contributed by atoms with Crippen LogP contribution in [0.1, 0.15) is 19.8 Å². The van der Waals surface area contributed by atoms with Gasteiger partial charge in [0.2, 0.25) is 0 Å². The summed E-state index contributed by atoms with van der Waals surface area (Å²) in [4.78, 5) is 0. The Balaban J connectivity index is 2.16. The van der Waals surface area contributed by atoms with Gasteiger partial charge in [0.25, 0.3) is 0 Å². The Morgan fingerprint density at radius 2 is 2.14 bits per heavy atom. The second-order valence-electron chi connectivity index (χ2n) is 2.45. The number of rotatable bonds is 1. The third kappa shape index (κ3) is 0.778. The Hall–Kier alpha value is -0.0400. The summed E-state index contributed by atoms with van der Waals surface area (Å²) >= 11 is 0. The molecule has 0 aromatic carbocycles. The lowest BCUT2D eigenvalue weighted by Gasteiger charge is -2.33. The Morgan fingerprint density at radius 1 is 1.43 bits per heavy atom. The summed E-state index contributed by atoms with van der Waals surface area (Å²) in [5.41, 5.74) is 0. The molecule has 1 nitrogen and oxygen atoms in total. The Labute approximate surface area is 45.1 Å². The maximum Gasteiger partial charge on any atom is 0.00898 e. The minimum atomic E-state index is 0.833. The van der Waals surface area contributed by atoms with Crippen LogP contribution in [0.5, 0.6) is 0 Å². The fraction of sp³-hybridized carbons (Fsp3) is 1.00. The van der Waals surface area contributed by atoms with Gasteiger partial charge >= 0.3 is 0 Å². The van der Waals surface area contributed by atoms with Gasteiger partial charge in [-0.1, -0.05) is 6.92 Å². The van der Waals surface area contributed by atoms with E-state index < -0.39 is 0 Å². The Bertz CT molecular complexity index is 59.2. The van der Waals surface area contributed by atoms with Gasteiger partial charge < -0.3 is 5.32 Å². The van der Waals surface area contributed by atoms with Crippen LogP contribution in [0, 0.1) is 5.92 Å². The van der Waals surface area contributed by atoms with Gasteiger partial charge in [0.15, 0.2) is 0 Å². The molecule has 0 aliphatic heterocycles. The monoisotopic (exact) mass is 99.1 g/mol. The van der Waals surface area contributed by atoms with Crippen LogP contribution < -0.4 is 5.32 Å². The van der Waals surface area contributed by atoms with Gasteiger partial charge in [0.05, 0.1) is 0 Å². The highest BCUT2D eigenvalue weighted by Crippen LogP contribution is 2.25. The first-order chi connectivity index (χ1) is 3.34. The standard InChI is InChI=1S/C6H13N/c1-5-3-4-6(5)7-2/h5-7H,3-4H2,1-2H3/t5-,6-/m1/s1. The van der Waals surface area contributed by atoms with Crippen molar-refractivity contribution in [3.8, 4) is 0 Å². The van der Waals surface area contributed by atoms with Crippen LogP contribution in [-0.2, 0) is 0 Å². The fourth-order valence-electron chi connectivity index (χ4n) is 1.10. The largest absolute Gasteiger partial charge is 0.317 e. The van der Waals surface area contributed by atoms with E-state index >= 15 is 0 Å². The molecule has 0 unspecified atom stereocenters. The van der Waals surface area contributed by atoms with Gasteiger partial charge in [-0.2, -0.15) is 0 Å². The molecular formula is C6H13N. The van der Waals surface area contributed by atoms with E-state index in [9.17, 15) is 0 Å². The number of hydrogen-bond donors (Lipinski definition) is 1. The highest BCUT2D eigenvalue weighted by Gasteiger charge is 2.23. The first-order valence-corrected chi connectivity index (χ1v) is 3.02. The molecule has 1 aliphatic carbocycles. The minimum absolute atomic E-state index is 0.833. The van der Waals surface area contributed by atoms with E-state index in [4.69, 9.17) is 0 Å². The molecule has 0 aromatic heterocycles. The van der Waals surface area contributed by atoms with E-state index in [1.54, 1.807) is 0 Å². The fourth-order valence-corrected chi connectivity index (χ4v) is 1.10. The average Bonchev–Trinajstić information content (AvgIpc) is 1.65. The third-order valence-corrected chi connectivity index (χ3v) is 1.99. The van der Waals surface area contributed by atoms with Gasteiger partial charge in [-0.3, -0.25) is 0 Å². The van der Waals surface area contributed by atoms with Crippen molar-refractivity contribution in [3.63, 3.8) is 0 Å². The van der Waals surface area contributed by atoms with Gasteiger partial charge in [0, 0.05) is 6.04 Å². The topological polar surface area (TPSA) is 12.0 Å². The Morgan fingerprint density at radius 3 is 2.14 bits per heavy atom. The lowest BCUT2D eigenvalue weighted by Crippen LogP contribution is -2.39. The zero-order chi connectivity index (χ0) is 5.28. The lowest BCUT2D eigenvalue weighted by molar-refractivity contribution is 0.243. The normalized spacial score (nSPS) is 40.3. The zero-order valence-corrected chi connectivity index (χ0v) is 5.07. The second kappa shape index (κ2) is 1.83. The van der Waals surface area contributed by atoms with Crippen molar-refractivity contribution in [3.05, 3.63) is 0 Å². The molecule has 0 amide bonds. The van der Waals surface area contributed by atoms with E-state index in [1.165, 1.54) is 12.8 Å². The molecule has 42 valence electrons. The third-order valence-electron chi connectivity index (χ3n) is 1.99. The van der Waals surface area contributed by atoms with Crippen LogP contribution in [0.25, 0.3) is 0 Å². The number of hydrogen-bond acceptors (Lipinski definition) is 1. The summed E-state index contributed by atoms with van der Waals surface area (Å²) in [7, 11) is 2.04. The molecule has 1 rings (SSSR count). The van der Waals surface area contributed by atoms with Crippen LogP contribution in [0.15, 0.2) is 0 Å². The van der Waals surface area contributed by atoms with Crippen molar-refractivity contribution in [2.24, 2.45) is 5.92 Å². The molecule has 0 aromatic rings. The van der Waals surface area contributed by atoms with E-state index in [0.717, 1.165) is 12.0 Å². The smallest absolute Gasteiger partial charge is 0.00898 e. The highest BCUT2D eigenvalue weighted by molar-refractivity contribution is 4.81. The van der Waals surface area contributed by atoms with Crippen LogP contribution in [0.4, 0.5) is 0 Å². The summed E-state index contributed by atoms with van der Waals surface area (Å²) in [5.74, 6) is 0.935. The van der Waals surface area contributed by atoms with Crippen molar-refractivity contribution in [1.29, 1.82) is 0 Å². The van der Waals surface area contributed by atoms with Crippen LogP contribution in [0.3, 0.4) is 0 Å². The van der Waals surface area contributed by atoms with Crippen LogP contribution >= 0.6 is 0 Å². The molecule has 0 saturated heterocycles. The van der Waals surface area contributed by atoms with E-state index in [2.05, 4.69) is 12.2 Å². The van der Waals surface area contributed by atoms with E-state index in [1.807, 2.05) is 7.05 Å². The maximum absolute atomic E-state index is 3.25. The average molecular weight is 99.2 g/mol. The first-order valence-electron chi connectivity index (χ1n) is 3.02. The maximum atomic E-state index is 3.25. The minimum Gasteiger partial charge on any atom is -0.317 e. The molecule has 0 spiro atoms. The molecule has 0 bridgehead atoms. The summed E-state index contributed by atoms with van der Waals surface area (Å²) < 4.78 is 0. The second-order valence-corrected chi connectivity index (χ2v) is 2.45. The van der Waals surface area contributed by atoms with E-state index in [0.29, 0.717) is 0 Å². The van der Waals surface area contributed by atoms with Crippen LogP contribution in [-0.4, -0.2) is 13.1 Å².